The Balaban J connectivity index is 1.93. The van der Waals surface area contributed by atoms with Crippen LogP contribution in [0.15, 0.2) is 12.3 Å². The molecule has 1 aromatic heterocycles. The Kier molecular flexibility index (Phi) is 2.80. The molecule has 98 valence electrons. The summed E-state index contributed by atoms with van der Waals surface area (Å²) < 4.78 is 0. The lowest BCUT2D eigenvalue weighted by Crippen LogP contribution is -2.26. The van der Waals surface area contributed by atoms with Crippen LogP contribution in [0.5, 0.6) is 0 Å². The first kappa shape index (κ1) is 11.9. The maximum absolute atomic E-state index is 11.1. The molecule has 19 heavy (non-hydrogen) atoms. The molecule has 0 radical (unpaired) electrons. The molecule has 2 saturated heterocycles. The van der Waals surface area contributed by atoms with Crippen molar-refractivity contribution < 1.29 is 4.92 Å². The summed E-state index contributed by atoms with van der Waals surface area (Å²) in [6.45, 7) is 3.51. The molecule has 7 heteroatoms. The molecule has 2 aliphatic heterocycles. The number of nitro groups is 1. The van der Waals surface area contributed by atoms with Crippen LogP contribution < -0.4 is 10.2 Å². The van der Waals surface area contributed by atoms with Gasteiger partial charge in [0.1, 0.15) is 6.07 Å². The molecule has 7 nitrogen and oxygen atoms in total. The molecule has 3 heterocycles. The summed E-state index contributed by atoms with van der Waals surface area (Å²) in [5, 5.41) is 23.2. The van der Waals surface area contributed by atoms with Gasteiger partial charge in [-0.2, -0.15) is 5.26 Å². The molecule has 0 bridgehead atoms. The predicted octanol–water partition coefficient (Wildman–Crippen LogP) is 0.517. The van der Waals surface area contributed by atoms with Crippen LogP contribution in [0, 0.1) is 33.3 Å². The summed E-state index contributed by atoms with van der Waals surface area (Å²) in [7, 11) is 0. The summed E-state index contributed by atoms with van der Waals surface area (Å²) in [5.41, 5.74) is 0.142. The quantitative estimate of drug-likeness (QED) is 0.614. The molecule has 0 aromatic carbocycles. The van der Waals surface area contributed by atoms with Crippen LogP contribution in [0.3, 0.4) is 0 Å². The lowest BCUT2D eigenvalue weighted by Gasteiger charge is -2.18. The third kappa shape index (κ3) is 2.00. The van der Waals surface area contributed by atoms with E-state index in [9.17, 15) is 10.1 Å². The van der Waals surface area contributed by atoms with Crippen molar-refractivity contribution in [3.8, 4) is 6.07 Å². The van der Waals surface area contributed by atoms with Gasteiger partial charge in [-0.15, -0.1) is 0 Å². The number of hydrogen-bond donors (Lipinski definition) is 1. The molecule has 2 aliphatic rings. The highest BCUT2D eigenvalue weighted by Gasteiger charge is 2.38. The Morgan fingerprint density at radius 1 is 1.47 bits per heavy atom. The third-order valence-corrected chi connectivity index (χ3v) is 3.86. The lowest BCUT2D eigenvalue weighted by molar-refractivity contribution is -0.384. The van der Waals surface area contributed by atoms with Gasteiger partial charge in [-0.05, 0) is 11.8 Å². The standard InChI is InChI=1S/C12H13N5O2/c13-2-8-1-11(17(18)19)12(15-3-8)16-6-9-4-14-5-10(9)7-16/h1,3,9-10,14H,4-7H2/t9-,10+. The average Bonchev–Trinajstić information content (AvgIpc) is 2.98. The number of nitrogens with one attached hydrogen (secondary N) is 1. The molecule has 0 amide bonds. The number of nitriles is 1. The van der Waals surface area contributed by atoms with E-state index < -0.39 is 4.92 Å². The van der Waals surface area contributed by atoms with E-state index in [1.165, 1.54) is 12.3 Å². The molecule has 0 saturated carbocycles. The average molecular weight is 259 g/mol. The Hall–Kier alpha value is -2.20. The number of rotatable bonds is 2. The van der Waals surface area contributed by atoms with Gasteiger partial charge >= 0.3 is 5.69 Å². The number of anilines is 1. The van der Waals surface area contributed by atoms with Crippen molar-refractivity contribution in [3.63, 3.8) is 0 Å². The minimum atomic E-state index is -0.463. The molecule has 0 aliphatic carbocycles. The second kappa shape index (κ2) is 4.48. The molecule has 3 rings (SSSR count). The van der Waals surface area contributed by atoms with E-state index in [2.05, 4.69) is 10.3 Å². The van der Waals surface area contributed by atoms with Crippen molar-refractivity contribution in [2.45, 2.75) is 0 Å². The topological polar surface area (TPSA) is 95.1 Å². The summed E-state index contributed by atoms with van der Waals surface area (Å²) in [5.74, 6) is 1.47. The zero-order valence-electron chi connectivity index (χ0n) is 10.2. The van der Waals surface area contributed by atoms with Gasteiger partial charge in [-0.1, -0.05) is 0 Å². The highest BCUT2D eigenvalue weighted by atomic mass is 16.6. The van der Waals surface area contributed by atoms with Crippen LogP contribution in [-0.2, 0) is 0 Å². The largest absolute Gasteiger partial charge is 0.350 e. The van der Waals surface area contributed by atoms with Gasteiger partial charge in [0.15, 0.2) is 0 Å². The Labute approximate surface area is 110 Å². The molecule has 0 spiro atoms. The highest BCUT2D eigenvalue weighted by Crippen LogP contribution is 2.34. The predicted molar refractivity (Wildman–Crippen MR) is 67.7 cm³/mol. The first-order chi connectivity index (χ1) is 9.19. The first-order valence-electron chi connectivity index (χ1n) is 6.19. The van der Waals surface area contributed by atoms with Crippen LogP contribution in [0.2, 0.25) is 0 Å². The number of nitrogens with zero attached hydrogens (tertiary/aromatic N) is 4. The van der Waals surface area contributed by atoms with Gasteiger partial charge in [-0.25, -0.2) is 4.98 Å². The van der Waals surface area contributed by atoms with E-state index in [4.69, 9.17) is 5.26 Å². The van der Waals surface area contributed by atoms with Crippen LogP contribution in [0.25, 0.3) is 0 Å². The minimum Gasteiger partial charge on any atom is -0.350 e. The summed E-state index contributed by atoms with van der Waals surface area (Å²) in [4.78, 5) is 16.7. The smallest absolute Gasteiger partial charge is 0.312 e. The summed E-state index contributed by atoms with van der Waals surface area (Å²) >= 11 is 0. The van der Waals surface area contributed by atoms with E-state index in [0.29, 0.717) is 17.7 Å². The minimum absolute atomic E-state index is 0.0769. The van der Waals surface area contributed by atoms with Crippen molar-refractivity contribution in [2.24, 2.45) is 11.8 Å². The second-order valence-corrected chi connectivity index (χ2v) is 5.02. The van der Waals surface area contributed by atoms with Gasteiger partial charge in [0.05, 0.1) is 10.5 Å². The Morgan fingerprint density at radius 2 is 2.16 bits per heavy atom. The SMILES string of the molecule is N#Cc1cnc(N2C[C@H]3CNC[C@H]3C2)c([N+](=O)[O-])c1. The fourth-order valence-corrected chi connectivity index (χ4v) is 2.91. The highest BCUT2D eigenvalue weighted by molar-refractivity contribution is 5.60. The van der Waals surface area contributed by atoms with Crippen molar-refractivity contribution in [1.29, 1.82) is 5.26 Å². The van der Waals surface area contributed by atoms with Crippen molar-refractivity contribution >= 4 is 11.5 Å². The van der Waals surface area contributed by atoms with Crippen LogP contribution in [-0.4, -0.2) is 36.1 Å². The molecule has 2 atom stereocenters. The summed E-state index contributed by atoms with van der Waals surface area (Å²) in [6, 6.07) is 3.18. The molecule has 1 N–H and O–H groups in total. The fourth-order valence-electron chi connectivity index (χ4n) is 2.91. The fraction of sp³-hybridized carbons (Fsp3) is 0.500. The Bertz CT molecular complexity index is 556. The maximum atomic E-state index is 11.1. The molecule has 2 fully saturated rings. The summed E-state index contributed by atoms with van der Waals surface area (Å²) in [6.07, 6.45) is 1.40. The van der Waals surface area contributed by atoms with Gasteiger partial charge in [-0.3, -0.25) is 10.1 Å². The van der Waals surface area contributed by atoms with Crippen molar-refractivity contribution in [2.75, 3.05) is 31.1 Å². The van der Waals surface area contributed by atoms with E-state index in [1.807, 2.05) is 11.0 Å². The monoisotopic (exact) mass is 259 g/mol. The molecular formula is C12H13N5O2. The van der Waals surface area contributed by atoms with Crippen LogP contribution in [0.1, 0.15) is 5.56 Å². The number of hydrogen-bond acceptors (Lipinski definition) is 6. The maximum Gasteiger partial charge on any atom is 0.312 e. The van der Waals surface area contributed by atoms with Gasteiger partial charge < -0.3 is 10.2 Å². The van der Waals surface area contributed by atoms with Gasteiger partial charge in [0, 0.05) is 38.4 Å². The lowest BCUT2D eigenvalue weighted by atomic mass is 10.0. The van der Waals surface area contributed by atoms with E-state index in [1.54, 1.807) is 0 Å². The normalized spacial score (nSPS) is 25.1. The van der Waals surface area contributed by atoms with Crippen molar-refractivity contribution in [1.82, 2.24) is 10.3 Å². The van der Waals surface area contributed by atoms with Gasteiger partial charge in [0.2, 0.25) is 5.82 Å². The molecule has 1 aromatic rings. The molecular weight excluding hydrogens is 246 g/mol. The van der Waals surface area contributed by atoms with Crippen molar-refractivity contribution in [3.05, 3.63) is 27.9 Å². The van der Waals surface area contributed by atoms with E-state index in [0.717, 1.165) is 26.2 Å². The second-order valence-electron chi connectivity index (χ2n) is 5.02. The third-order valence-electron chi connectivity index (χ3n) is 3.86. The van der Waals surface area contributed by atoms with E-state index >= 15 is 0 Å². The zero-order valence-corrected chi connectivity index (χ0v) is 10.2. The number of fused-ring (bicyclic) bond motifs is 1. The van der Waals surface area contributed by atoms with E-state index in [-0.39, 0.29) is 11.3 Å². The number of pyridine rings is 1. The Morgan fingerprint density at radius 3 is 2.74 bits per heavy atom. The van der Waals surface area contributed by atoms with Crippen LogP contribution in [0.4, 0.5) is 11.5 Å². The molecule has 0 unspecified atom stereocenters. The number of aromatic nitrogens is 1. The zero-order chi connectivity index (χ0) is 13.4. The van der Waals surface area contributed by atoms with Crippen LogP contribution >= 0.6 is 0 Å². The van der Waals surface area contributed by atoms with Gasteiger partial charge in [0.25, 0.3) is 0 Å². The first-order valence-corrected chi connectivity index (χ1v) is 6.19.